The first kappa shape index (κ1) is 21.1. The topological polar surface area (TPSA) is 64.7 Å². The van der Waals surface area contributed by atoms with Gasteiger partial charge in [0.2, 0.25) is 0 Å². The zero-order valence-corrected chi connectivity index (χ0v) is 15.7. The van der Waals surface area contributed by atoms with Gasteiger partial charge in [0, 0.05) is 27.3 Å². The fraction of sp³-hybridized carbons (Fsp3) is 1.00. The molecule has 0 aliphatic carbocycles. The second-order valence-corrected chi connectivity index (χ2v) is 13.2. The zero-order valence-electron chi connectivity index (χ0n) is 14.7. The number of aliphatic hydroxyl groups is 1. The van der Waals surface area contributed by atoms with Crippen LogP contribution < -0.4 is 5.73 Å². The molecule has 128 valence electrons. The van der Waals surface area contributed by atoms with Gasteiger partial charge in [-0.15, -0.1) is 0 Å². The Kier molecular flexibility index (Phi) is 11.6. The summed E-state index contributed by atoms with van der Waals surface area (Å²) in [5, 5.41) is 9.89. The highest BCUT2D eigenvalue weighted by Gasteiger charge is 2.12. The van der Waals surface area contributed by atoms with E-state index in [0.717, 1.165) is 25.9 Å². The Balaban J connectivity index is 3.46. The molecule has 0 aromatic heterocycles. The summed E-state index contributed by atoms with van der Waals surface area (Å²) in [4.78, 5) is 0. The summed E-state index contributed by atoms with van der Waals surface area (Å²) in [7, 11) is -0.951. The fourth-order valence-corrected chi connectivity index (χ4v) is 3.23. The van der Waals surface area contributed by atoms with Crippen LogP contribution in [0.1, 0.15) is 33.1 Å². The summed E-state index contributed by atoms with van der Waals surface area (Å²) in [6, 6.07) is 1.38. The van der Waals surface area contributed by atoms with Crippen LogP contribution in [0, 0.1) is 5.92 Å². The van der Waals surface area contributed by atoms with Crippen molar-refractivity contribution >= 4 is 8.07 Å². The summed E-state index contributed by atoms with van der Waals surface area (Å²) >= 11 is 0. The first-order valence-corrected chi connectivity index (χ1v) is 12.0. The summed E-state index contributed by atoms with van der Waals surface area (Å²) < 4.78 is 11.1. The van der Waals surface area contributed by atoms with E-state index in [4.69, 9.17) is 15.2 Å². The van der Waals surface area contributed by atoms with Crippen LogP contribution in [0.5, 0.6) is 0 Å². The molecule has 3 unspecified atom stereocenters. The van der Waals surface area contributed by atoms with Crippen LogP contribution in [0.2, 0.25) is 25.7 Å². The summed E-state index contributed by atoms with van der Waals surface area (Å²) in [6.45, 7) is 13.7. The third-order valence-electron chi connectivity index (χ3n) is 3.30. The third-order valence-corrected chi connectivity index (χ3v) is 5.16. The Bertz CT molecular complexity index is 244. The third kappa shape index (κ3) is 16.3. The Morgan fingerprint density at radius 2 is 1.67 bits per heavy atom. The van der Waals surface area contributed by atoms with E-state index < -0.39 is 8.07 Å². The van der Waals surface area contributed by atoms with E-state index in [1.54, 1.807) is 0 Å². The van der Waals surface area contributed by atoms with Crippen molar-refractivity contribution in [3.8, 4) is 0 Å². The highest BCUT2D eigenvalue weighted by molar-refractivity contribution is 6.76. The summed E-state index contributed by atoms with van der Waals surface area (Å²) in [6.07, 6.45) is 2.49. The van der Waals surface area contributed by atoms with E-state index in [1.165, 1.54) is 6.04 Å². The number of nitrogens with two attached hydrogens (primary N) is 1. The predicted octanol–water partition coefficient (Wildman–Crippen LogP) is 2.87. The smallest absolute Gasteiger partial charge is 0.0773 e. The molecular weight excluding hydrogens is 282 g/mol. The van der Waals surface area contributed by atoms with Crippen LogP contribution in [0.4, 0.5) is 0 Å². The van der Waals surface area contributed by atoms with E-state index in [9.17, 15) is 5.11 Å². The van der Waals surface area contributed by atoms with Crippen LogP contribution in [-0.4, -0.2) is 51.8 Å². The van der Waals surface area contributed by atoms with Gasteiger partial charge < -0.3 is 20.3 Å². The highest BCUT2D eigenvalue weighted by Crippen LogP contribution is 2.12. The Hall–Kier alpha value is 0.0569. The number of aliphatic hydroxyl groups excluding tert-OH is 1. The Morgan fingerprint density at radius 3 is 2.24 bits per heavy atom. The molecule has 0 aromatic carbocycles. The maximum atomic E-state index is 9.89. The molecule has 4 nitrogen and oxygen atoms in total. The van der Waals surface area contributed by atoms with E-state index in [-0.39, 0.29) is 12.1 Å². The van der Waals surface area contributed by atoms with Crippen LogP contribution in [0.3, 0.4) is 0 Å². The molecule has 0 heterocycles. The fourth-order valence-electron chi connectivity index (χ4n) is 2.02. The van der Waals surface area contributed by atoms with Crippen molar-refractivity contribution in [1.82, 2.24) is 0 Å². The second-order valence-electron chi connectivity index (χ2n) is 7.59. The molecule has 0 amide bonds. The Labute approximate surface area is 132 Å². The molecule has 0 saturated heterocycles. The number of ether oxygens (including phenoxy) is 2. The molecule has 0 rings (SSSR count). The van der Waals surface area contributed by atoms with Crippen molar-refractivity contribution in [2.75, 3.05) is 26.4 Å². The average Bonchev–Trinajstić information content (AvgIpc) is 2.34. The molecule has 5 heteroatoms. The van der Waals surface area contributed by atoms with Crippen molar-refractivity contribution in [3.63, 3.8) is 0 Å². The van der Waals surface area contributed by atoms with Crippen LogP contribution in [0.25, 0.3) is 0 Å². The Morgan fingerprint density at radius 1 is 1.00 bits per heavy atom. The molecule has 0 aromatic rings. The molecule has 3 N–H and O–H groups in total. The molecule has 0 aliphatic heterocycles. The molecule has 0 radical (unpaired) electrons. The largest absolute Gasteiger partial charge is 0.391 e. The maximum absolute atomic E-state index is 9.89. The minimum absolute atomic E-state index is 0.0901. The van der Waals surface area contributed by atoms with Crippen molar-refractivity contribution in [3.05, 3.63) is 0 Å². The van der Waals surface area contributed by atoms with Gasteiger partial charge in [-0.1, -0.05) is 32.6 Å². The number of rotatable bonds is 13. The number of hydrogen-bond acceptors (Lipinski definition) is 4. The lowest BCUT2D eigenvalue weighted by atomic mass is 10.0. The van der Waals surface area contributed by atoms with E-state index in [0.29, 0.717) is 25.7 Å². The van der Waals surface area contributed by atoms with Crippen molar-refractivity contribution in [2.45, 2.75) is 70.9 Å². The lowest BCUT2D eigenvalue weighted by Gasteiger charge is -2.17. The lowest BCUT2D eigenvalue weighted by Crippen LogP contribution is -2.24. The molecule has 0 spiro atoms. The van der Waals surface area contributed by atoms with Gasteiger partial charge in [-0.3, -0.25) is 0 Å². The van der Waals surface area contributed by atoms with Crippen LogP contribution >= 0.6 is 0 Å². The van der Waals surface area contributed by atoms with Gasteiger partial charge in [-0.05, 0) is 32.1 Å². The predicted molar refractivity (Wildman–Crippen MR) is 92.5 cm³/mol. The van der Waals surface area contributed by atoms with Crippen molar-refractivity contribution in [2.24, 2.45) is 11.7 Å². The maximum Gasteiger partial charge on any atom is 0.0773 e. The summed E-state index contributed by atoms with van der Waals surface area (Å²) in [5.74, 6) is 0.449. The van der Waals surface area contributed by atoms with Gasteiger partial charge >= 0.3 is 0 Å². The van der Waals surface area contributed by atoms with Crippen LogP contribution in [0.15, 0.2) is 0 Å². The zero-order chi connectivity index (χ0) is 16.3. The number of hydrogen-bond donors (Lipinski definition) is 2. The minimum atomic E-state index is -0.951. The molecule has 3 atom stereocenters. The highest BCUT2D eigenvalue weighted by atomic mass is 28.3. The lowest BCUT2D eigenvalue weighted by molar-refractivity contribution is 0.0256. The average molecular weight is 320 g/mol. The van der Waals surface area contributed by atoms with Gasteiger partial charge in [0.25, 0.3) is 0 Å². The SMILES string of the molecule is CC(N)COCC(C)CCC(O)COCCC[Si](C)(C)C. The molecule has 0 saturated carbocycles. The van der Waals surface area contributed by atoms with Gasteiger partial charge in [0.15, 0.2) is 0 Å². The molecule has 0 bridgehead atoms. The molecule has 0 aliphatic rings. The second kappa shape index (κ2) is 11.6. The first-order valence-electron chi connectivity index (χ1n) is 8.30. The summed E-state index contributed by atoms with van der Waals surface area (Å²) in [5.41, 5.74) is 5.63. The quantitative estimate of drug-likeness (QED) is 0.405. The van der Waals surface area contributed by atoms with Crippen LogP contribution in [-0.2, 0) is 9.47 Å². The minimum Gasteiger partial charge on any atom is -0.391 e. The van der Waals surface area contributed by atoms with Gasteiger partial charge in [-0.25, -0.2) is 0 Å². The standard InChI is InChI=1S/C16H37NO3Si/c1-14(11-20-12-15(2)17)7-8-16(18)13-19-9-6-10-21(3,4)5/h14-16,18H,6-13,17H2,1-5H3. The monoisotopic (exact) mass is 319 g/mol. The van der Waals surface area contributed by atoms with E-state index in [1.807, 2.05) is 6.92 Å². The van der Waals surface area contributed by atoms with E-state index in [2.05, 4.69) is 26.6 Å². The molecule has 21 heavy (non-hydrogen) atoms. The van der Waals surface area contributed by atoms with Crippen molar-refractivity contribution in [1.29, 1.82) is 0 Å². The van der Waals surface area contributed by atoms with Crippen molar-refractivity contribution < 1.29 is 14.6 Å². The normalized spacial score (nSPS) is 16.7. The van der Waals surface area contributed by atoms with Gasteiger partial charge in [0.05, 0.1) is 19.3 Å². The molecule has 0 fully saturated rings. The first-order chi connectivity index (χ1) is 9.70. The van der Waals surface area contributed by atoms with E-state index >= 15 is 0 Å². The van der Waals surface area contributed by atoms with Gasteiger partial charge in [-0.2, -0.15) is 0 Å². The van der Waals surface area contributed by atoms with Gasteiger partial charge in [0.1, 0.15) is 0 Å². The molecular formula is C16H37NO3Si.